The van der Waals surface area contributed by atoms with Crippen molar-refractivity contribution in [3.05, 3.63) is 52.8 Å². The van der Waals surface area contributed by atoms with Gasteiger partial charge >= 0.3 is 5.97 Å². The van der Waals surface area contributed by atoms with E-state index in [1.165, 1.54) is 14.0 Å². The summed E-state index contributed by atoms with van der Waals surface area (Å²) in [5.74, 6) is 0.153. The van der Waals surface area contributed by atoms with Crippen molar-refractivity contribution in [2.24, 2.45) is 11.0 Å². The molecule has 1 aliphatic carbocycles. The van der Waals surface area contributed by atoms with Gasteiger partial charge in [-0.1, -0.05) is 4.68 Å². The second-order valence-corrected chi connectivity index (χ2v) is 10.0. The highest BCUT2D eigenvalue weighted by molar-refractivity contribution is 6.05. The van der Waals surface area contributed by atoms with Gasteiger partial charge in [-0.3, -0.25) is 14.4 Å². The fraction of sp³-hybridized carbons (Fsp3) is 0.393. The standard InChI is InChI=1S/C28H31N7O5/c1-17(40-18(2)36)28(38)33(3)21-9-7-19(8-10-21)15-34-16-20-12-22(24(39-4)13-23(20)32-34)27(37)31-26-14-29-25-6-5-11-30-35(25)26/h5-6,11-17,19,21H,7-10H2,1-4H3/p+1/b34-15-/t17-,19?,21?/m0/s1. The van der Waals surface area contributed by atoms with E-state index in [4.69, 9.17) is 9.47 Å². The van der Waals surface area contributed by atoms with Crippen molar-refractivity contribution < 1.29 is 28.5 Å². The van der Waals surface area contributed by atoms with Crippen LogP contribution in [0.4, 0.5) is 5.82 Å². The monoisotopic (exact) mass is 546 g/mol. The van der Waals surface area contributed by atoms with Gasteiger partial charge in [0.2, 0.25) is 6.20 Å². The first-order valence-corrected chi connectivity index (χ1v) is 13.2. The smallest absolute Gasteiger partial charge is 0.303 e. The van der Waals surface area contributed by atoms with Gasteiger partial charge in [0.05, 0.1) is 24.1 Å². The fourth-order valence-corrected chi connectivity index (χ4v) is 5.21. The number of ether oxygens (including phenoxy) is 2. The summed E-state index contributed by atoms with van der Waals surface area (Å²) < 4.78 is 13.9. The molecular weight excluding hydrogens is 514 g/mol. The Labute approximate surface area is 230 Å². The molecule has 0 spiro atoms. The molecule has 0 radical (unpaired) electrons. The molecule has 2 aliphatic rings. The molecule has 12 heteroatoms. The highest BCUT2D eigenvalue weighted by Gasteiger charge is 2.31. The average Bonchev–Trinajstić information content (AvgIpc) is 3.54. The Balaban J connectivity index is 1.27. The number of aromatic nitrogens is 3. The average molecular weight is 547 g/mol. The van der Waals surface area contributed by atoms with Crippen molar-refractivity contribution in [1.82, 2.24) is 19.5 Å². The third-order valence-corrected chi connectivity index (χ3v) is 7.30. The van der Waals surface area contributed by atoms with Gasteiger partial charge in [-0.15, -0.1) is 0 Å². The Morgan fingerprint density at radius 2 is 2.00 bits per heavy atom. The van der Waals surface area contributed by atoms with Crippen LogP contribution in [0, 0.1) is 5.92 Å². The van der Waals surface area contributed by atoms with Crippen molar-refractivity contribution in [2.45, 2.75) is 51.7 Å². The zero-order valence-electron chi connectivity index (χ0n) is 22.9. The number of likely N-dealkylation sites (N-methyl/N-ethyl adjacent to an activating group) is 1. The number of benzene rings is 1. The van der Waals surface area contributed by atoms with E-state index in [-0.39, 0.29) is 23.8 Å². The van der Waals surface area contributed by atoms with Gasteiger partial charge < -0.3 is 19.7 Å². The summed E-state index contributed by atoms with van der Waals surface area (Å²) in [6.07, 6.45) is 9.83. The van der Waals surface area contributed by atoms with Crippen LogP contribution >= 0.6 is 0 Å². The van der Waals surface area contributed by atoms with E-state index in [0.717, 1.165) is 30.9 Å². The molecule has 3 heterocycles. The molecule has 0 bridgehead atoms. The summed E-state index contributed by atoms with van der Waals surface area (Å²) in [5, 5.41) is 13.3. The summed E-state index contributed by atoms with van der Waals surface area (Å²) in [5.41, 5.74) is 0.998. The highest BCUT2D eigenvalue weighted by atomic mass is 16.5. The number of hydrogen-bond donors (Lipinski definition) is 1. The van der Waals surface area contributed by atoms with Gasteiger partial charge in [-0.2, -0.15) is 9.61 Å². The van der Waals surface area contributed by atoms with Crippen LogP contribution in [0.5, 0.6) is 5.75 Å². The quantitative estimate of drug-likeness (QED) is 0.350. The second-order valence-electron chi connectivity index (χ2n) is 10.0. The van der Waals surface area contributed by atoms with Crippen LogP contribution in [0.25, 0.3) is 11.8 Å². The predicted octanol–water partition coefficient (Wildman–Crippen LogP) is 1.33. The topological polar surface area (TPSA) is 130 Å². The Hall–Kier alpha value is -4.61. The van der Waals surface area contributed by atoms with Crippen molar-refractivity contribution in [3.63, 3.8) is 0 Å². The third-order valence-electron chi connectivity index (χ3n) is 7.30. The third kappa shape index (κ3) is 5.56. The SMILES string of the molecule is COc1cc2c(cc1C(=O)Nc1cnc3cccnn13)=C/[N+](=C/C1CCC(N(C)C(=O)[C@H](C)OC(C)=O)CC1)N=2. The van der Waals surface area contributed by atoms with Gasteiger partial charge in [0.15, 0.2) is 23.8 Å². The maximum absolute atomic E-state index is 13.2. The molecule has 1 saturated carbocycles. The van der Waals surface area contributed by atoms with Crippen molar-refractivity contribution in [1.29, 1.82) is 0 Å². The molecular formula is C28H32N7O5+. The maximum atomic E-state index is 13.2. The van der Waals surface area contributed by atoms with Crippen LogP contribution in [-0.2, 0) is 14.3 Å². The van der Waals surface area contributed by atoms with E-state index in [2.05, 4.69) is 26.7 Å². The number of methoxy groups -OCH3 is 1. The molecule has 12 nitrogen and oxygen atoms in total. The summed E-state index contributed by atoms with van der Waals surface area (Å²) in [6.45, 7) is 2.90. The Bertz CT molecular complexity index is 1620. The minimum Gasteiger partial charge on any atom is -0.496 e. The van der Waals surface area contributed by atoms with E-state index in [9.17, 15) is 14.4 Å². The van der Waals surface area contributed by atoms with E-state index in [1.54, 1.807) is 64.7 Å². The molecule has 3 aromatic rings. The first-order chi connectivity index (χ1) is 19.2. The normalized spacial score (nSPS) is 19.8. The molecule has 208 valence electrons. The summed E-state index contributed by atoms with van der Waals surface area (Å²) in [7, 11) is 3.29. The highest BCUT2D eigenvalue weighted by Crippen LogP contribution is 2.27. The van der Waals surface area contributed by atoms with Gasteiger partial charge in [0.1, 0.15) is 11.1 Å². The van der Waals surface area contributed by atoms with Gasteiger partial charge in [-0.05, 0) is 50.8 Å². The number of nitrogens with zero attached hydrogens (tertiary/aromatic N) is 6. The Kier molecular flexibility index (Phi) is 7.58. The predicted molar refractivity (Wildman–Crippen MR) is 145 cm³/mol. The molecule has 2 aromatic heterocycles. The van der Waals surface area contributed by atoms with Gasteiger partial charge in [0.25, 0.3) is 11.8 Å². The minimum atomic E-state index is -0.789. The van der Waals surface area contributed by atoms with Gasteiger partial charge in [0, 0.05) is 43.3 Å². The number of hydrogen-bond acceptors (Lipinski definition) is 8. The van der Waals surface area contributed by atoms with Crippen LogP contribution in [0.15, 0.2) is 41.8 Å². The Morgan fingerprint density at radius 3 is 2.73 bits per heavy atom. The van der Waals surface area contributed by atoms with Crippen LogP contribution < -0.4 is 20.6 Å². The molecule has 0 saturated heterocycles. The number of esters is 1. The fourth-order valence-electron chi connectivity index (χ4n) is 5.21. The number of rotatable bonds is 7. The van der Waals surface area contributed by atoms with Crippen LogP contribution in [0.1, 0.15) is 49.9 Å². The Morgan fingerprint density at radius 1 is 1.23 bits per heavy atom. The van der Waals surface area contributed by atoms with Crippen molar-refractivity contribution in [2.75, 3.05) is 19.5 Å². The van der Waals surface area contributed by atoms with E-state index in [1.807, 2.05) is 6.20 Å². The molecule has 40 heavy (non-hydrogen) atoms. The first-order valence-electron chi connectivity index (χ1n) is 13.2. The number of amides is 2. The maximum Gasteiger partial charge on any atom is 0.303 e. The number of fused-ring (bicyclic) bond motifs is 2. The number of carbonyl (C=O) groups excluding carboxylic acids is 3. The number of carbonyl (C=O) groups is 3. The number of nitrogens with one attached hydrogen (secondary N) is 1. The van der Waals surface area contributed by atoms with Gasteiger partial charge in [-0.25, -0.2) is 4.98 Å². The zero-order chi connectivity index (χ0) is 28.4. The zero-order valence-corrected chi connectivity index (χ0v) is 22.9. The molecule has 0 unspecified atom stereocenters. The van der Waals surface area contributed by atoms with E-state index < -0.39 is 12.1 Å². The molecule has 1 fully saturated rings. The molecule has 1 aliphatic heterocycles. The lowest BCUT2D eigenvalue weighted by Crippen LogP contribution is -2.45. The second kappa shape index (κ2) is 11.2. The lowest BCUT2D eigenvalue weighted by molar-refractivity contribution is -0.424. The molecule has 5 rings (SSSR count). The van der Waals surface area contributed by atoms with E-state index in [0.29, 0.717) is 28.1 Å². The summed E-state index contributed by atoms with van der Waals surface area (Å²) in [6, 6.07) is 7.19. The van der Waals surface area contributed by atoms with Crippen LogP contribution in [-0.4, -0.2) is 74.5 Å². The van der Waals surface area contributed by atoms with Crippen molar-refractivity contribution >= 4 is 41.7 Å². The molecule has 2 amide bonds. The minimum absolute atomic E-state index is 0.0975. The van der Waals surface area contributed by atoms with Crippen molar-refractivity contribution in [3.8, 4) is 5.75 Å². The lowest BCUT2D eigenvalue weighted by Gasteiger charge is -2.34. The summed E-state index contributed by atoms with van der Waals surface area (Å²) >= 11 is 0. The summed E-state index contributed by atoms with van der Waals surface area (Å²) in [4.78, 5) is 42.9. The lowest BCUT2D eigenvalue weighted by atomic mass is 9.86. The molecule has 1 aromatic carbocycles. The van der Waals surface area contributed by atoms with E-state index >= 15 is 0 Å². The number of imidazole rings is 1. The first kappa shape index (κ1) is 27.0. The largest absolute Gasteiger partial charge is 0.496 e. The molecule has 1 atom stereocenters. The molecule has 1 N–H and O–H groups in total. The number of anilines is 1. The van der Waals surface area contributed by atoms with Crippen LogP contribution in [0.3, 0.4) is 0 Å². The van der Waals surface area contributed by atoms with Crippen LogP contribution in [0.2, 0.25) is 0 Å².